The first-order chi connectivity index (χ1) is 14.5. The summed E-state index contributed by atoms with van der Waals surface area (Å²) in [6, 6.07) is 15.3. The number of thioether (sulfide) groups is 1. The van der Waals surface area contributed by atoms with Crippen LogP contribution in [0.25, 0.3) is 0 Å². The number of rotatable bonds is 6. The number of carbonyl (C=O) groups excluding carboxylic acids is 2. The number of hydrogen-bond donors (Lipinski definition) is 0. The van der Waals surface area contributed by atoms with Crippen LogP contribution < -0.4 is 4.90 Å². The van der Waals surface area contributed by atoms with Crippen molar-refractivity contribution in [3.05, 3.63) is 94.8 Å². The van der Waals surface area contributed by atoms with Crippen LogP contribution in [0.2, 0.25) is 5.02 Å². The van der Waals surface area contributed by atoms with Gasteiger partial charge in [0.05, 0.1) is 25.5 Å². The highest BCUT2D eigenvalue weighted by molar-refractivity contribution is 7.98. The normalized spacial score (nSPS) is 13.2. The fourth-order valence-corrected chi connectivity index (χ4v) is 4.00. The van der Waals surface area contributed by atoms with Crippen molar-refractivity contribution in [1.29, 1.82) is 0 Å². The molecule has 1 aliphatic rings. The van der Waals surface area contributed by atoms with E-state index in [0.29, 0.717) is 10.8 Å². The zero-order valence-electron chi connectivity index (χ0n) is 16.5. The van der Waals surface area contributed by atoms with E-state index in [4.69, 9.17) is 21.1 Å². The minimum atomic E-state index is -0.635. The van der Waals surface area contributed by atoms with Gasteiger partial charge >= 0.3 is 11.9 Å². The molecule has 0 amide bonds. The molecule has 1 aliphatic heterocycles. The largest absolute Gasteiger partial charge is 0.465 e. The molecule has 2 aromatic rings. The molecule has 0 spiro atoms. The molecule has 0 bridgehead atoms. The van der Waals surface area contributed by atoms with E-state index >= 15 is 0 Å². The van der Waals surface area contributed by atoms with E-state index in [1.165, 1.54) is 20.3 Å². The molecule has 0 atom stereocenters. The Kier molecular flexibility index (Phi) is 7.38. The van der Waals surface area contributed by atoms with Crippen LogP contribution in [0, 0.1) is 0 Å². The molecule has 0 saturated heterocycles. The van der Waals surface area contributed by atoms with Gasteiger partial charge in [-0.15, -0.1) is 11.8 Å². The molecule has 0 aromatic heterocycles. The van der Waals surface area contributed by atoms with Crippen LogP contribution in [0.15, 0.2) is 89.1 Å². The minimum absolute atomic E-state index is 0.0916. The van der Waals surface area contributed by atoms with Crippen molar-refractivity contribution in [3.8, 4) is 0 Å². The fraction of sp³-hybridized carbons (Fsp3) is 0.130. The summed E-state index contributed by atoms with van der Waals surface area (Å²) in [7, 11) is 2.55. The number of hydrogen-bond acceptors (Lipinski definition) is 6. The first-order valence-corrected chi connectivity index (χ1v) is 10.4. The van der Waals surface area contributed by atoms with Gasteiger partial charge in [-0.1, -0.05) is 41.9 Å². The van der Waals surface area contributed by atoms with Gasteiger partial charge in [0.1, 0.15) is 5.70 Å². The molecule has 0 fully saturated rings. The van der Waals surface area contributed by atoms with Gasteiger partial charge in [0.2, 0.25) is 0 Å². The first kappa shape index (κ1) is 21.7. The number of esters is 2. The number of allylic oxidation sites excluding steroid dienone is 2. The highest BCUT2D eigenvalue weighted by Crippen LogP contribution is 2.36. The SMILES string of the molecule is COC(=O)C1=C(C(=O)OC)N(c2ccccc2SCc2ccc(Cl)cc2)C=CC=C1. The summed E-state index contributed by atoms with van der Waals surface area (Å²) in [6.07, 6.45) is 6.69. The Morgan fingerprint density at radius 2 is 1.67 bits per heavy atom. The third kappa shape index (κ3) is 4.96. The molecule has 7 heteroatoms. The van der Waals surface area contributed by atoms with Gasteiger partial charge in [-0.2, -0.15) is 0 Å². The molecule has 154 valence electrons. The van der Waals surface area contributed by atoms with Crippen molar-refractivity contribution >= 4 is 41.0 Å². The van der Waals surface area contributed by atoms with E-state index in [1.807, 2.05) is 48.5 Å². The van der Waals surface area contributed by atoms with E-state index in [2.05, 4.69) is 0 Å². The Morgan fingerprint density at radius 1 is 0.967 bits per heavy atom. The topological polar surface area (TPSA) is 55.8 Å². The van der Waals surface area contributed by atoms with Gasteiger partial charge in [0, 0.05) is 21.9 Å². The van der Waals surface area contributed by atoms with E-state index in [-0.39, 0.29) is 11.3 Å². The maximum Gasteiger partial charge on any atom is 0.355 e. The highest BCUT2D eigenvalue weighted by atomic mass is 35.5. The summed E-state index contributed by atoms with van der Waals surface area (Å²) in [4.78, 5) is 27.6. The van der Waals surface area contributed by atoms with Crippen LogP contribution in [0.1, 0.15) is 5.56 Å². The standard InChI is InChI=1S/C23H20ClNO4S/c1-28-22(26)18-7-5-6-14-25(21(18)23(27)29-2)19-8-3-4-9-20(19)30-15-16-10-12-17(24)13-11-16/h3-14H,15H2,1-2H3. The number of halogens is 1. The van der Waals surface area contributed by atoms with E-state index in [1.54, 1.807) is 35.0 Å². The predicted molar refractivity (Wildman–Crippen MR) is 119 cm³/mol. The lowest BCUT2D eigenvalue weighted by atomic mass is 10.1. The summed E-state index contributed by atoms with van der Waals surface area (Å²) in [5.41, 5.74) is 2.07. The molecule has 30 heavy (non-hydrogen) atoms. The third-order valence-electron chi connectivity index (χ3n) is 4.32. The average molecular weight is 442 g/mol. The van der Waals surface area contributed by atoms with Crippen LogP contribution in [0.5, 0.6) is 0 Å². The van der Waals surface area contributed by atoms with Gasteiger partial charge in [-0.05, 0) is 42.0 Å². The number of anilines is 1. The molecule has 0 N–H and O–H groups in total. The van der Waals surface area contributed by atoms with E-state index in [9.17, 15) is 9.59 Å². The molecule has 0 saturated carbocycles. The second kappa shape index (κ2) is 10.2. The summed E-state index contributed by atoms with van der Waals surface area (Å²) in [6.45, 7) is 0. The maximum atomic E-state index is 12.6. The zero-order chi connectivity index (χ0) is 21.5. The molecule has 3 rings (SSSR count). The number of carbonyl (C=O) groups is 2. The van der Waals surface area contributed by atoms with Crippen molar-refractivity contribution in [3.63, 3.8) is 0 Å². The molecule has 2 aromatic carbocycles. The number of benzene rings is 2. The van der Waals surface area contributed by atoms with Crippen LogP contribution in [-0.2, 0) is 24.8 Å². The molecule has 0 unspecified atom stereocenters. The highest BCUT2D eigenvalue weighted by Gasteiger charge is 2.28. The van der Waals surface area contributed by atoms with Gasteiger partial charge in [0.15, 0.2) is 0 Å². The second-order valence-corrected chi connectivity index (χ2v) is 7.65. The van der Waals surface area contributed by atoms with Crippen LogP contribution >= 0.6 is 23.4 Å². The summed E-state index contributed by atoms with van der Waals surface area (Å²) >= 11 is 7.58. The van der Waals surface area contributed by atoms with Crippen molar-refractivity contribution < 1.29 is 19.1 Å². The Balaban J connectivity index is 2.01. The Morgan fingerprint density at radius 3 is 2.37 bits per heavy atom. The molecule has 1 heterocycles. The first-order valence-electron chi connectivity index (χ1n) is 9.06. The summed E-state index contributed by atoms with van der Waals surface area (Å²) < 4.78 is 9.84. The Bertz CT molecular complexity index is 1030. The predicted octanol–water partition coefficient (Wildman–Crippen LogP) is 5.12. The lowest BCUT2D eigenvalue weighted by Gasteiger charge is -2.25. The average Bonchev–Trinajstić information content (AvgIpc) is 3.01. The maximum absolute atomic E-state index is 12.6. The van der Waals surface area contributed by atoms with Gasteiger partial charge < -0.3 is 14.4 Å². The monoisotopic (exact) mass is 441 g/mol. The van der Waals surface area contributed by atoms with Crippen LogP contribution in [-0.4, -0.2) is 26.2 Å². The zero-order valence-corrected chi connectivity index (χ0v) is 18.1. The number of nitrogens with zero attached hydrogens (tertiary/aromatic N) is 1. The van der Waals surface area contributed by atoms with Gasteiger partial charge in [-0.25, -0.2) is 9.59 Å². The van der Waals surface area contributed by atoms with Crippen molar-refractivity contribution in [2.75, 3.05) is 19.1 Å². The Labute approximate surface area is 184 Å². The molecule has 0 aliphatic carbocycles. The third-order valence-corrected chi connectivity index (χ3v) is 5.71. The van der Waals surface area contributed by atoms with Crippen LogP contribution in [0.3, 0.4) is 0 Å². The van der Waals surface area contributed by atoms with Crippen molar-refractivity contribution in [2.24, 2.45) is 0 Å². The number of methoxy groups -OCH3 is 2. The van der Waals surface area contributed by atoms with E-state index in [0.717, 1.165) is 16.1 Å². The Hall–Kier alpha value is -2.96. The lowest BCUT2D eigenvalue weighted by molar-refractivity contribution is -0.139. The second-order valence-electron chi connectivity index (χ2n) is 6.20. The van der Waals surface area contributed by atoms with Gasteiger partial charge in [-0.3, -0.25) is 0 Å². The number of ether oxygens (including phenoxy) is 2. The van der Waals surface area contributed by atoms with Crippen LogP contribution in [0.4, 0.5) is 5.69 Å². The number of para-hydroxylation sites is 1. The van der Waals surface area contributed by atoms with Gasteiger partial charge in [0.25, 0.3) is 0 Å². The molecular formula is C23H20ClNO4S. The molecule has 0 radical (unpaired) electrons. The smallest absolute Gasteiger partial charge is 0.355 e. The summed E-state index contributed by atoms with van der Waals surface area (Å²) in [5.74, 6) is -0.541. The lowest BCUT2D eigenvalue weighted by Crippen LogP contribution is -2.27. The minimum Gasteiger partial charge on any atom is -0.465 e. The molecule has 5 nitrogen and oxygen atoms in total. The molecular weight excluding hydrogens is 422 g/mol. The quantitative estimate of drug-likeness (QED) is 0.458. The summed E-state index contributed by atoms with van der Waals surface area (Å²) in [5, 5.41) is 0.689. The fourth-order valence-electron chi connectivity index (χ4n) is 2.87. The van der Waals surface area contributed by atoms with Crippen molar-refractivity contribution in [2.45, 2.75) is 10.6 Å². The van der Waals surface area contributed by atoms with Crippen molar-refractivity contribution in [1.82, 2.24) is 0 Å². The van der Waals surface area contributed by atoms with E-state index < -0.39 is 11.9 Å².